The standard InChI is InChI=1S/C7H15NO2.C2H6/c9-6-5-8-3-1-7(10)2-4-8;1-2/h7,9-10H,1-6H2;1-2H3. The van der Waals surface area contributed by atoms with Gasteiger partial charge in [-0.1, -0.05) is 13.8 Å². The van der Waals surface area contributed by atoms with E-state index in [-0.39, 0.29) is 12.7 Å². The van der Waals surface area contributed by atoms with Gasteiger partial charge in [0, 0.05) is 19.6 Å². The van der Waals surface area contributed by atoms with Gasteiger partial charge in [0.1, 0.15) is 0 Å². The van der Waals surface area contributed by atoms with E-state index in [0.717, 1.165) is 32.5 Å². The quantitative estimate of drug-likeness (QED) is 0.641. The molecule has 3 heteroatoms. The maximum Gasteiger partial charge on any atom is 0.0564 e. The third-order valence-corrected chi connectivity index (χ3v) is 1.97. The highest BCUT2D eigenvalue weighted by molar-refractivity contribution is 4.70. The molecule has 2 N–H and O–H groups in total. The van der Waals surface area contributed by atoms with Crippen LogP contribution in [-0.2, 0) is 0 Å². The number of likely N-dealkylation sites (tertiary alicyclic amines) is 1. The molecule has 0 bridgehead atoms. The molecule has 0 saturated carbocycles. The Morgan fingerprint density at radius 3 is 2.17 bits per heavy atom. The maximum absolute atomic E-state index is 9.11. The second-order valence-corrected chi connectivity index (χ2v) is 2.80. The third kappa shape index (κ3) is 4.70. The molecule has 0 radical (unpaired) electrons. The van der Waals surface area contributed by atoms with Crippen LogP contribution in [0.3, 0.4) is 0 Å². The molecule has 12 heavy (non-hydrogen) atoms. The lowest BCUT2D eigenvalue weighted by molar-refractivity contribution is 0.0734. The topological polar surface area (TPSA) is 43.7 Å². The molecule has 74 valence electrons. The lowest BCUT2D eigenvalue weighted by atomic mass is 10.1. The number of piperidine rings is 1. The number of aliphatic hydroxyl groups is 2. The first-order valence-corrected chi connectivity index (χ1v) is 4.84. The largest absolute Gasteiger partial charge is 0.395 e. The highest BCUT2D eigenvalue weighted by Crippen LogP contribution is 2.08. The van der Waals surface area contributed by atoms with E-state index < -0.39 is 0 Å². The number of hydrogen-bond acceptors (Lipinski definition) is 3. The normalized spacial score (nSPS) is 20.0. The SMILES string of the molecule is CC.OCCN1CCC(O)CC1. The fraction of sp³-hybridized carbons (Fsp3) is 1.00. The van der Waals surface area contributed by atoms with Gasteiger partial charge >= 0.3 is 0 Å². The zero-order valence-corrected chi connectivity index (χ0v) is 8.16. The van der Waals surface area contributed by atoms with Crippen LogP contribution in [0, 0.1) is 0 Å². The highest BCUT2D eigenvalue weighted by atomic mass is 16.3. The van der Waals surface area contributed by atoms with Crippen LogP contribution >= 0.6 is 0 Å². The Morgan fingerprint density at radius 1 is 1.25 bits per heavy atom. The van der Waals surface area contributed by atoms with Crippen molar-refractivity contribution in [3.63, 3.8) is 0 Å². The van der Waals surface area contributed by atoms with Crippen LogP contribution in [0.25, 0.3) is 0 Å². The number of hydrogen-bond donors (Lipinski definition) is 2. The first kappa shape index (κ1) is 11.9. The minimum absolute atomic E-state index is 0.102. The second kappa shape index (κ2) is 7.53. The second-order valence-electron chi connectivity index (χ2n) is 2.80. The van der Waals surface area contributed by atoms with Crippen LogP contribution in [0.4, 0.5) is 0 Å². The van der Waals surface area contributed by atoms with Crippen molar-refractivity contribution in [3.8, 4) is 0 Å². The Balaban J connectivity index is 0.000000561. The maximum atomic E-state index is 9.11. The van der Waals surface area contributed by atoms with Crippen LogP contribution < -0.4 is 0 Å². The average Bonchev–Trinajstić information content (AvgIpc) is 2.13. The molecule has 1 fully saturated rings. The molecule has 0 amide bonds. The van der Waals surface area contributed by atoms with Crippen molar-refractivity contribution in [1.29, 1.82) is 0 Å². The molecule has 0 aromatic carbocycles. The molecule has 0 aliphatic carbocycles. The van der Waals surface area contributed by atoms with Gasteiger partial charge in [-0.05, 0) is 12.8 Å². The van der Waals surface area contributed by atoms with Gasteiger partial charge in [-0.15, -0.1) is 0 Å². The van der Waals surface area contributed by atoms with E-state index in [9.17, 15) is 0 Å². The number of nitrogens with zero attached hydrogens (tertiary/aromatic N) is 1. The molecule has 1 aliphatic heterocycles. The van der Waals surface area contributed by atoms with Gasteiger partial charge < -0.3 is 15.1 Å². The van der Waals surface area contributed by atoms with Crippen molar-refractivity contribution in [2.75, 3.05) is 26.2 Å². The Morgan fingerprint density at radius 2 is 1.75 bits per heavy atom. The summed E-state index contributed by atoms with van der Waals surface area (Å²) in [5.74, 6) is 0. The van der Waals surface area contributed by atoms with Crippen LogP contribution in [0.15, 0.2) is 0 Å². The first-order valence-electron chi connectivity index (χ1n) is 4.84. The van der Waals surface area contributed by atoms with E-state index in [0.29, 0.717) is 0 Å². The van der Waals surface area contributed by atoms with Crippen molar-refractivity contribution in [3.05, 3.63) is 0 Å². The smallest absolute Gasteiger partial charge is 0.0564 e. The number of aliphatic hydroxyl groups excluding tert-OH is 2. The van der Waals surface area contributed by atoms with E-state index >= 15 is 0 Å². The van der Waals surface area contributed by atoms with Crippen LogP contribution in [-0.4, -0.2) is 47.5 Å². The fourth-order valence-corrected chi connectivity index (χ4v) is 1.28. The van der Waals surface area contributed by atoms with Gasteiger partial charge in [-0.25, -0.2) is 0 Å². The Kier molecular flexibility index (Phi) is 7.45. The molecule has 0 atom stereocenters. The van der Waals surface area contributed by atoms with Gasteiger partial charge in [0.15, 0.2) is 0 Å². The highest BCUT2D eigenvalue weighted by Gasteiger charge is 2.15. The van der Waals surface area contributed by atoms with Crippen LogP contribution in [0.1, 0.15) is 26.7 Å². The Labute approximate surface area is 75.0 Å². The minimum Gasteiger partial charge on any atom is -0.395 e. The van der Waals surface area contributed by atoms with Gasteiger partial charge in [0.25, 0.3) is 0 Å². The van der Waals surface area contributed by atoms with E-state index in [1.165, 1.54) is 0 Å². The molecule has 3 nitrogen and oxygen atoms in total. The lowest BCUT2D eigenvalue weighted by Gasteiger charge is -2.28. The van der Waals surface area contributed by atoms with Crippen molar-refractivity contribution in [2.45, 2.75) is 32.8 Å². The van der Waals surface area contributed by atoms with E-state index in [2.05, 4.69) is 4.90 Å². The summed E-state index contributed by atoms with van der Waals surface area (Å²) < 4.78 is 0. The Bertz CT molecular complexity index is 90.5. The van der Waals surface area contributed by atoms with Gasteiger partial charge in [0.05, 0.1) is 12.7 Å². The van der Waals surface area contributed by atoms with Crippen molar-refractivity contribution in [1.82, 2.24) is 4.90 Å². The monoisotopic (exact) mass is 175 g/mol. The number of β-amino-alcohol motifs (C(OH)–C–C–N with tert-alkyl or cyclic N) is 1. The van der Waals surface area contributed by atoms with E-state index in [1.54, 1.807) is 0 Å². The molecule has 0 unspecified atom stereocenters. The molecule has 1 aliphatic rings. The molecule has 1 rings (SSSR count). The zero-order chi connectivity index (χ0) is 9.40. The summed E-state index contributed by atoms with van der Waals surface area (Å²) in [6.45, 7) is 6.85. The predicted octanol–water partition coefficient (Wildman–Crippen LogP) is 0.462. The summed E-state index contributed by atoms with van der Waals surface area (Å²) in [4.78, 5) is 2.17. The molecule has 0 spiro atoms. The molecule has 0 aromatic heterocycles. The van der Waals surface area contributed by atoms with Crippen molar-refractivity contribution in [2.24, 2.45) is 0 Å². The molecular weight excluding hydrogens is 154 g/mol. The fourth-order valence-electron chi connectivity index (χ4n) is 1.28. The minimum atomic E-state index is -0.102. The molecular formula is C9H21NO2. The van der Waals surface area contributed by atoms with E-state index in [1.807, 2.05) is 13.8 Å². The Hall–Kier alpha value is -0.120. The summed E-state index contributed by atoms with van der Waals surface area (Å²) in [6, 6.07) is 0. The van der Waals surface area contributed by atoms with E-state index in [4.69, 9.17) is 10.2 Å². The summed E-state index contributed by atoms with van der Waals surface area (Å²) in [6.07, 6.45) is 1.62. The van der Waals surface area contributed by atoms with Crippen molar-refractivity contribution < 1.29 is 10.2 Å². The van der Waals surface area contributed by atoms with Crippen LogP contribution in [0.2, 0.25) is 0 Å². The predicted molar refractivity (Wildman–Crippen MR) is 50.1 cm³/mol. The molecule has 0 aromatic rings. The average molecular weight is 175 g/mol. The van der Waals surface area contributed by atoms with Gasteiger partial charge in [-0.3, -0.25) is 0 Å². The van der Waals surface area contributed by atoms with Gasteiger partial charge in [-0.2, -0.15) is 0 Å². The lowest BCUT2D eigenvalue weighted by Crippen LogP contribution is -2.37. The first-order chi connectivity index (χ1) is 5.83. The summed E-state index contributed by atoms with van der Waals surface area (Å²) in [5, 5.41) is 17.7. The molecule has 1 saturated heterocycles. The molecule has 1 heterocycles. The third-order valence-electron chi connectivity index (χ3n) is 1.97. The summed E-state index contributed by atoms with van der Waals surface area (Å²) >= 11 is 0. The zero-order valence-electron chi connectivity index (χ0n) is 8.16. The summed E-state index contributed by atoms with van der Waals surface area (Å²) in [5.41, 5.74) is 0. The van der Waals surface area contributed by atoms with Crippen LogP contribution in [0.5, 0.6) is 0 Å². The summed E-state index contributed by atoms with van der Waals surface area (Å²) in [7, 11) is 0. The van der Waals surface area contributed by atoms with Crippen molar-refractivity contribution >= 4 is 0 Å². The number of rotatable bonds is 2. The van der Waals surface area contributed by atoms with Gasteiger partial charge in [0.2, 0.25) is 0 Å².